The first-order valence-corrected chi connectivity index (χ1v) is 5.71. The van der Waals surface area contributed by atoms with Gasteiger partial charge in [-0.15, -0.1) is 0 Å². The molecule has 0 saturated carbocycles. The second-order valence-electron chi connectivity index (χ2n) is 5.70. The molecule has 1 fully saturated rings. The number of allylic oxidation sites excluding steroid dienone is 2. The highest BCUT2D eigenvalue weighted by Crippen LogP contribution is 2.49. The lowest BCUT2D eigenvalue weighted by atomic mass is 9.82. The van der Waals surface area contributed by atoms with E-state index in [4.69, 9.17) is 9.47 Å². The van der Waals surface area contributed by atoms with Gasteiger partial charge in [-0.05, 0) is 33.3 Å². The summed E-state index contributed by atoms with van der Waals surface area (Å²) in [5, 5.41) is 0. The van der Waals surface area contributed by atoms with Crippen LogP contribution in [0.4, 0.5) is 0 Å². The zero-order chi connectivity index (χ0) is 11.9. The van der Waals surface area contributed by atoms with E-state index in [9.17, 15) is 0 Å². The molecule has 2 heteroatoms. The van der Waals surface area contributed by atoms with E-state index in [0.717, 1.165) is 12.2 Å². The Hall–Kier alpha value is -0.500. The van der Waals surface area contributed by atoms with Crippen molar-refractivity contribution in [2.45, 2.75) is 66.8 Å². The van der Waals surface area contributed by atoms with Crippen molar-refractivity contribution >= 4 is 0 Å². The molecule has 1 rings (SSSR count). The number of hydrogen-bond acceptors (Lipinski definition) is 2. The Bertz CT molecular complexity index is 272. The Balaban J connectivity index is 2.95. The van der Waals surface area contributed by atoms with Crippen molar-refractivity contribution in [3.05, 3.63) is 11.3 Å². The summed E-state index contributed by atoms with van der Waals surface area (Å²) in [6, 6.07) is 0. The molecule has 0 spiro atoms. The summed E-state index contributed by atoms with van der Waals surface area (Å²) < 4.78 is 11.9. The summed E-state index contributed by atoms with van der Waals surface area (Å²) in [5.74, 6) is 0.594. The smallest absolute Gasteiger partial charge is 0.212 e. The van der Waals surface area contributed by atoms with Crippen molar-refractivity contribution in [3.63, 3.8) is 0 Å². The van der Waals surface area contributed by atoms with E-state index >= 15 is 0 Å². The summed E-state index contributed by atoms with van der Waals surface area (Å²) in [6.07, 6.45) is 1.14. The molecule has 2 nitrogen and oxygen atoms in total. The lowest BCUT2D eigenvalue weighted by Gasteiger charge is -2.37. The van der Waals surface area contributed by atoms with Gasteiger partial charge in [0.2, 0.25) is 5.79 Å². The topological polar surface area (TPSA) is 18.5 Å². The minimum atomic E-state index is -0.492. The monoisotopic (exact) mass is 212 g/mol. The van der Waals surface area contributed by atoms with Gasteiger partial charge >= 0.3 is 0 Å². The quantitative estimate of drug-likeness (QED) is 0.692. The van der Waals surface area contributed by atoms with E-state index in [1.807, 2.05) is 20.8 Å². The molecule has 1 saturated heterocycles. The van der Waals surface area contributed by atoms with Crippen LogP contribution in [-0.2, 0) is 9.47 Å². The van der Waals surface area contributed by atoms with Crippen LogP contribution in [0.3, 0.4) is 0 Å². The van der Waals surface area contributed by atoms with Gasteiger partial charge in [0.15, 0.2) is 0 Å². The van der Waals surface area contributed by atoms with Crippen molar-refractivity contribution in [1.82, 2.24) is 0 Å². The molecule has 0 N–H and O–H groups in total. The molecule has 0 aliphatic carbocycles. The minimum absolute atomic E-state index is 0.0316. The van der Waals surface area contributed by atoms with Crippen LogP contribution in [-0.4, -0.2) is 11.9 Å². The second-order valence-corrected chi connectivity index (χ2v) is 5.70. The van der Waals surface area contributed by atoms with Crippen molar-refractivity contribution in [1.29, 1.82) is 0 Å². The van der Waals surface area contributed by atoms with Crippen molar-refractivity contribution in [2.75, 3.05) is 0 Å². The lowest BCUT2D eigenvalue weighted by Crippen LogP contribution is -2.42. The second kappa shape index (κ2) is 3.82. The van der Waals surface area contributed by atoms with Gasteiger partial charge in [-0.3, -0.25) is 0 Å². The van der Waals surface area contributed by atoms with E-state index in [0.29, 0.717) is 0 Å². The maximum atomic E-state index is 5.99. The molecule has 1 atom stereocenters. The average molecular weight is 212 g/mol. The molecular formula is C13H24O2. The Morgan fingerprint density at radius 3 is 2.13 bits per heavy atom. The minimum Gasteiger partial charge on any atom is -0.466 e. The highest BCUT2D eigenvalue weighted by atomic mass is 16.7. The van der Waals surface area contributed by atoms with Crippen molar-refractivity contribution in [3.8, 4) is 0 Å². The average Bonchev–Trinajstić information content (AvgIpc) is 2.21. The molecule has 0 aromatic heterocycles. The third-order valence-corrected chi connectivity index (χ3v) is 3.17. The van der Waals surface area contributed by atoms with Gasteiger partial charge in [0, 0.05) is 18.8 Å². The fraction of sp³-hybridized carbons (Fsp3) is 0.846. The third-order valence-electron chi connectivity index (χ3n) is 3.17. The fourth-order valence-electron chi connectivity index (χ4n) is 1.88. The molecule has 0 bridgehead atoms. The van der Waals surface area contributed by atoms with Gasteiger partial charge in [-0.25, -0.2) is 0 Å². The molecule has 1 aliphatic rings. The van der Waals surface area contributed by atoms with E-state index in [2.05, 4.69) is 27.7 Å². The molecule has 1 heterocycles. The first-order chi connectivity index (χ1) is 6.68. The maximum absolute atomic E-state index is 5.99. The van der Waals surface area contributed by atoms with Gasteiger partial charge in [0.25, 0.3) is 0 Å². The molecule has 0 amide bonds. The molecule has 88 valence electrons. The summed E-state index contributed by atoms with van der Waals surface area (Å²) in [6.45, 7) is 14.7. The maximum Gasteiger partial charge on any atom is 0.212 e. The fourth-order valence-corrected chi connectivity index (χ4v) is 1.88. The SMILES string of the molecule is CC(C)=C1CC(C)(C)C(C)(OC(C)C)O1. The Kier molecular flexibility index (Phi) is 3.20. The normalized spacial score (nSPS) is 29.5. The van der Waals surface area contributed by atoms with Crippen LogP contribution in [0.5, 0.6) is 0 Å². The zero-order valence-corrected chi connectivity index (χ0v) is 11.1. The molecule has 0 aromatic carbocycles. The van der Waals surface area contributed by atoms with Crippen LogP contribution in [0.1, 0.15) is 54.9 Å². The Morgan fingerprint density at radius 1 is 1.27 bits per heavy atom. The molecule has 1 aliphatic heterocycles. The van der Waals surface area contributed by atoms with Crippen molar-refractivity contribution in [2.24, 2.45) is 5.41 Å². The highest BCUT2D eigenvalue weighted by Gasteiger charge is 2.51. The first-order valence-electron chi connectivity index (χ1n) is 5.71. The Morgan fingerprint density at radius 2 is 1.80 bits per heavy atom. The van der Waals surface area contributed by atoms with E-state index < -0.39 is 5.79 Å². The van der Waals surface area contributed by atoms with Crippen molar-refractivity contribution < 1.29 is 9.47 Å². The van der Waals surface area contributed by atoms with Gasteiger partial charge < -0.3 is 9.47 Å². The zero-order valence-electron chi connectivity index (χ0n) is 11.1. The van der Waals surface area contributed by atoms with Crippen LogP contribution in [0.25, 0.3) is 0 Å². The lowest BCUT2D eigenvalue weighted by molar-refractivity contribution is -0.247. The molecule has 0 aromatic rings. The predicted molar refractivity (Wildman–Crippen MR) is 62.5 cm³/mol. The number of ether oxygens (including phenoxy) is 2. The van der Waals surface area contributed by atoms with Gasteiger partial charge in [-0.2, -0.15) is 0 Å². The molecule has 0 radical (unpaired) electrons. The van der Waals surface area contributed by atoms with E-state index in [1.165, 1.54) is 5.57 Å². The predicted octanol–water partition coefficient (Wildman–Crippen LogP) is 3.87. The number of rotatable bonds is 2. The highest BCUT2D eigenvalue weighted by molar-refractivity contribution is 5.13. The summed E-state index contributed by atoms with van der Waals surface area (Å²) >= 11 is 0. The van der Waals surface area contributed by atoms with E-state index in [1.54, 1.807) is 0 Å². The van der Waals surface area contributed by atoms with Crippen LogP contribution < -0.4 is 0 Å². The van der Waals surface area contributed by atoms with Crippen LogP contribution in [0, 0.1) is 5.41 Å². The largest absolute Gasteiger partial charge is 0.466 e. The van der Waals surface area contributed by atoms with Crippen LogP contribution in [0.15, 0.2) is 11.3 Å². The molecule has 15 heavy (non-hydrogen) atoms. The van der Waals surface area contributed by atoms with Crippen LogP contribution in [0.2, 0.25) is 0 Å². The summed E-state index contributed by atoms with van der Waals surface area (Å²) in [7, 11) is 0. The van der Waals surface area contributed by atoms with Gasteiger partial charge in [0.1, 0.15) is 0 Å². The number of hydrogen-bond donors (Lipinski definition) is 0. The van der Waals surface area contributed by atoms with E-state index in [-0.39, 0.29) is 11.5 Å². The van der Waals surface area contributed by atoms with Gasteiger partial charge in [0.05, 0.1) is 11.9 Å². The first kappa shape index (κ1) is 12.6. The molecular weight excluding hydrogens is 188 g/mol. The van der Waals surface area contributed by atoms with Crippen LogP contribution >= 0.6 is 0 Å². The standard InChI is InChI=1S/C13H24O2/c1-9(2)11-8-12(5,6)13(7,15-11)14-10(3)4/h10H,8H2,1-7H3. The van der Waals surface area contributed by atoms with Gasteiger partial charge in [-0.1, -0.05) is 13.8 Å². The Labute approximate surface area is 93.7 Å². The summed E-state index contributed by atoms with van der Waals surface area (Å²) in [5.41, 5.74) is 1.28. The third kappa shape index (κ3) is 2.36. The summed E-state index contributed by atoms with van der Waals surface area (Å²) in [4.78, 5) is 0. The molecule has 1 unspecified atom stereocenters.